The summed E-state index contributed by atoms with van der Waals surface area (Å²) in [4.78, 5) is 17.3. The number of rotatable bonds is 8. The van der Waals surface area contributed by atoms with Crippen LogP contribution in [0.15, 0.2) is 29.8 Å². The first-order chi connectivity index (χ1) is 11.8. The highest BCUT2D eigenvalue weighted by Crippen LogP contribution is 2.35. The Balaban J connectivity index is 2.55. The first-order valence-electron chi connectivity index (χ1n) is 7.45. The van der Waals surface area contributed by atoms with E-state index in [-0.39, 0.29) is 19.1 Å². The van der Waals surface area contributed by atoms with Crippen LogP contribution in [0.1, 0.15) is 0 Å². The smallest absolute Gasteiger partial charge is 0.243 e. The van der Waals surface area contributed by atoms with Gasteiger partial charge in [-0.1, -0.05) is 40.9 Å². The van der Waals surface area contributed by atoms with Gasteiger partial charge in [-0.05, 0) is 12.1 Å². The van der Waals surface area contributed by atoms with Crippen LogP contribution in [0.25, 0.3) is 0 Å². The van der Waals surface area contributed by atoms with Crippen molar-refractivity contribution < 1.29 is 9.53 Å². The number of nitrogens with zero attached hydrogens (tertiary/aromatic N) is 2. The average molecular weight is 408 g/mol. The van der Waals surface area contributed by atoms with Gasteiger partial charge in [0.25, 0.3) is 0 Å². The van der Waals surface area contributed by atoms with Crippen LogP contribution in [0, 0.1) is 0 Å². The van der Waals surface area contributed by atoms with Crippen molar-refractivity contribution in [1.29, 1.82) is 0 Å². The Kier molecular flexibility index (Phi) is 9.49. The predicted octanol–water partition coefficient (Wildman–Crippen LogP) is 2.84. The summed E-state index contributed by atoms with van der Waals surface area (Å²) in [5.41, 5.74) is 0. The maximum absolute atomic E-state index is 11.6. The highest BCUT2D eigenvalue weighted by Gasteiger charge is 2.09. The van der Waals surface area contributed by atoms with Crippen molar-refractivity contribution in [3.8, 4) is 5.75 Å². The molecule has 0 aliphatic carbocycles. The number of benzene rings is 1. The minimum absolute atomic E-state index is 0.0369. The molecule has 138 valence electrons. The van der Waals surface area contributed by atoms with Gasteiger partial charge in [0.2, 0.25) is 5.91 Å². The zero-order valence-corrected chi connectivity index (χ0v) is 16.4. The molecule has 25 heavy (non-hydrogen) atoms. The number of hydrogen-bond donors (Lipinski definition) is 2. The summed E-state index contributed by atoms with van der Waals surface area (Å²) < 4.78 is 5.58. The Morgan fingerprint density at radius 1 is 1.28 bits per heavy atom. The number of carbonyl (C=O) groups excluding carboxylic acids is 1. The summed E-state index contributed by atoms with van der Waals surface area (Å²) in [5, 5.41) is 7.19. The van der Waals surface area contributed by atoms with Crippen LogP contribution in [-0.2, 0) is 4.79 Å². The van der Waals surface area contributed by atoms with E-state index in [0.29, 0.717) is 39.9 Å². The largest absolute Gasteiger partial charge is 0.489 e. The quantitative estimate of drug-likeness (QED) is 0.301. The molecule has 1 rings (SSSR count). The Hall–Kier alpha value is -1.63. The van der Waals surface area contributed by atoms with Crippen LogP contribution in [0.5, 0.6) is 5.75 Å². The number of guanidine groups is 1. The lowest BCUT2D eigenvalue weighted by molar-refractivity contribution is -0.127. The molecule has 9 heteroatoms. The van der Waals surface area contributed by atoms with Crippen LogP contribution < -0.4 is 15.4 Å². The third-order valence-corrected chi connectivity index (χ3v) is 3.67. The fourth-order valence-electron chi connectivity index (χ4n) is 1.62. The number of ether oxygens (including phenoxy) is 1. The van der Waals surface area contributed by atoms with Gasteiger partial charge >= 0.3 is 0 Å². The molecule has 0 radical (unpaired) electrons. The third-order valence-electron chi connectivity index (χ3n) is 2.89. The number of likely N-dealkylation sites (N-methyl/N-ethyl adjacent to an activating group) is 1. The lowest BCUT2D eigenvalue weighted by Gasteiger charge is -2.14. The van der Waals surface area contributed by atoms with Crippen LogP contribution in [-0.4, -0.2) is 57.1 Å². The van der Waals surface area contributed by atoms with Gasteiger partial charge in [-0.3, -0.25) is 4.79 Å². The molecule has 6 nitrogen and oxygen atoms in total. The molecule has 0 aromatic heterocycles. The normalized spacial score (nSPS) is 11.0. The maximum Gasteiger partial charge on any atom is 0.243 e. The van der Waals surface area contributed by atoms with Crippen molar-refractivity contribution >= 4 is 46.7 Å². The number of hydrogen-bond acceptors (Lipinski definition) is 3. The van der Waals surface area contributed by atoms with E-state index in [1.807, 2.05) is 0 Å². The fourth-order valence-corrected chi connectivity index (χ4v) is 2.55. The minimum atomic E-state index is -0.101. The molecule has 0 fully saturated rings. The minimum Gasteiger partial charge on any atom is -0.489 e. The summed E-state index contributed by atoms with van der Waals surface area (Å²) in [6, 6.07) is 3.12. The van der Waals surface area contributed by atoms with Gasteiger partial charge in [-0.25, -0.2) is 4.99 Å². The monoisotopic (exact) mass is 406 g/mol. The van der Waals surface area contributed by atoms with Gasteiger partial charge < -0.3 is 20.3 Å². The molecule has 0 saturated heterocycles. The average Bonchev–Trinajstić information content (AvgIpc) is 2.54. The van der Waals surface area contributed by atoms with E-state index in [1.54, 1.807) is 32.3 Å². The van der Waals surface area contributed by atoms with Crippen LogP contribution in [0.3, 0.4) is 0 Å². The molecule has 0 spiro atoms. The Bertz CT molecular complexity index is 613. The van der Waals surface area contributed by atoms with Crippen molar-refractivity contribution in [2.45, 2.75) is 0 Å². The molecular formula is C16H21Cl3N4O2. The Labute approximate surface area is 162 Å². The molecule has 0 saturated carbocycles. The molecule has 0 heterocycles. The van der Waals surface area contributed by atoms with Gasteiger partial charge in [0.05, 0.1) is 16.6 Å². The third kappa shape index (κ3) is 7.86. The Morgan fingerprint density at radius 3 is 2.48 bits per heavy atom. The van der Waals surface area contributed by atoms with E-state index >= 15 is 0 Å². The molecule has 0 atom stereocenters. The molecule has 1 amide bonds. The number of halogens is 3. The first kappa shape index (κ1) is 21.4. The molecule has 0 bridgehead atoms. The summed E-state index contributed by atoms with van der Waals surface area (Å²) in [6.45, 7) is 4.90. The van der Waals surface area contributed by atoms with E-state index in [2.05, 4.69) is 22.2 Å². The molecule has 0 unspecified atom stereocenters. The van der Waals surface area contributed by atoms with Crippen molar-refractivity contribution in [2.75, 3.05) is 40.3 Å². The first-order valence-corrected chi connectivity index (χ1v) is 8.59. The molecule has 0 aliphatic rings. The van der Waals surface area contributed by atoms with Gasteiger partial charge in [-0.2, -0.15) is 0 Å². The second-order valence-electron chi connectivity index (χ2n) is 5.10. The van der Waals surface area contributed by atoms with Gasteiger partial charge in [0.1, 0.15) is 13.2 Å². The predicted molar refractivity (Wildman–Crippen MR) is 104 cm³/mol. The van der Waals surface area contributed by atoms with Crippen LogP contribution in [0.2, 0.25) is 15.1 Å². The summed E-state index contributed by atoms with van der Waals surface area (Å²) >= 11 is 18.0. The summed E-state index contributed by atoms with van der Waals surface area (Å²) in [7, 11) is 3.35. The molecular weight excluding hydrogens is 387 g/mol. The zero-order valence-electron chi connectivity index (χ0n) is 14.1. The molecule has 1 aromatic rings. The second-order valence-corrected chi connectivity index (χ2v) is 6.35. The highest BCUT2D eigenvalue weighted by atomic mass is 35.5. The van der Waals surface area contributed by atoms with E-state index in [1.165, 1.54) is 4.90 Å². The number of nitrogens with one attached hydrogen (secondary N) is 2. The van der Waals surface area contributed by atoms with Crippen LogP contribution in [0.4, 0.5) is 0 Å². The van der Waals surface area contributed by atoms with Crippen molar-refractivity contribution in [2.24, 2.45) is 4.99 Å². The molecule has 2 N–H and O–H groups in total. The highest BCUT2D eigenvalue weighted by molar-refractivity contribution is 6.40. The molecule has 1 aromatic carbocycles. The zero-order chi connectivity index (χ0) is 18.8. The van der Waals surface area contributed by atoms with Crippen molar-refractivity contribution in [1.82, 2.24) is 15.5 Å². The number of amides is 1. The molecule has 0 aliphatic heterocycles. The summed E-state index contributed by atoms with van der Waals surface area (Å²) in [5.74, 6) is 0.748. The topological polar surface area (TPSA) is 66.0 Å². The SMILES string of the molecule is C=CCNC(=NCC(=O)N(C)C)NCCOc1c(Cl)cc(Cl)cc1Cl. The van der Waals surface area contributed by atoms with E-state index < -0.39 is 0 Å². The fraction of sp³-hybridized carbons (Fsp3) is 0.375. The van der Waals surface area contributed by atoms with Gasteiger partial charge in [0, 0.05) is 25.7 Å². The second kappa shape index (κ2) is 11.1. The number of carbonyl (C=O) groups is 1. The van der Waals surface area contributed by atoms with E-state index in [0.717, 1.165) is 0 Å². The number of aliphatic imine (C=N–C) groups is 1. The lowest BCUT2D eigenvalue weighted by atomic mass is 10.3. The lowest BCUT2D eigenvalue weighted by Crippen LogP contribution is -2.40. The van der Waals surface area contributed by atoms with E-state index in [4.69, 9.17) is 39.5 Å². The maximum atomic E-state index is 11.6. The van der Waals surface area contributed by atoms with Crippen LogP contribution >= 0.6 is 34.8 Å². The Morgan fingerprint density at radius 2 is 1.92 bits per heavy atom. The summed E-state index contributed by atoms with van der Waals surface area (Å²) in [6.07, 6.45) is 1.69. The van der Waals surface area contributed by atoms with E-state index in [9.17, 15) is 4.79 Å². The van der Waals surface area contributed by atoms with Gasteiger partial charge in [-0.15, -0.1) is 6.58 Å². The van der Waals surface area contributed by atoms with Crippen molar-refractivity contribution in [3.63, 3.8) is 0 Å². The standard InChI is InChI=1S/C16H21Cl3N4O2/c1-4-5-20-16(22-10-14(24)23(2)3)21-6-7-25-15-12(18)8-11(17)9-13(15)19/h4,8-9H,1,5-7,10H2,2-3H3,(H2,20,21,22). The van der Waals surface area contributed by atoms with Crippen molar-refractivity contribution in [3.05, 3.63) is 39.9 Å². The van der Waals surface area contributed by atoms with Gasteiger partial charge in [0.15, 0.2) is 11.7 Å².